The number of ether oxygens (including phenoxy) is 1. The lowest BCUT2D eigenvalue weighted by atomic mass is 10.1. The van der Waals surface area contributed by atoms with Crippen molar-refractivity contribution in [3.8, 4) is 0 Å². The largest absolute Gasteiger partial charge is 0.464 e. The van der Waals surface area contributed by atoms with E-state index in [4.69, 9.17) is 4.74 Å². The van der Waals surface area contributed by atoms with E-state index in [9.17, 15) is 4.79 Å². The maximum absolute atomic E-state index is 11.7. The molecule has 0 saturated carbocycles. The van der Waals surface area contributed by atoms with Gasteiger partial charge in [0, 0.05) is 0 Å². The Bertz CT molecular complexity index is 188. The summed E-state index contributed by atoms with van der Waals surface area (Å²) in [7, 11) is 3.77. The van der Waals surface area contributed by atoms with Crippen LogP contribution in [0.4, 0.5) is 0 Å². The zero-order valence-electron chi connectivity index (χ0n) is 10.8. The molecule has 0 bridgehead atoms. The van der Waals surface area contributed by atoms with Gasteiger partial charge >= 0.3 is 5.97 Å². The smallest absolute Gasteiger partial charge is 0.325 e. The second-order valence-electron chi connectivity index (χ2n) is 4.65. The molecule has 0 saturated heterocycles. The molecule has 0 amide bonds. The van der Waals surface area contributed by atoms with Gasteiger partial charge in [-0.2, -0.15) is 0 Å². The second-order valence-corrected chi connectivity index (χ2v) is 4.65. The monoisotopic (exact) mass is 215 g/mol. The number of nitrogens with zero attached hydrogens (tertiary/aromatic N) is 1. The molecule has 0 aliphatic rings. The molecule has 0 aromatic heterocycles. The fourth-order valence-corrected chi connectivity index (χ4v) is 1.05. The molecule has 15 heavy (non-hydrogen) atoms. The molecule has 0 aliphatic carbocycles. The van der Waals surface area contributed by atoms with Crippen molar-refractivity contribution in [2.24, 2.45) is 0 Å². The third-order valence-corrected chi connectivity index (χ3v) is 2.85. The fraction of sp³-hybridized carbons (Fsp3) is 0.917. The molecule has 0 aliphatic heterocycles. The molecule has 0 heterocycles. The van der Waals surface area contributed by atoms with Gasteiger partial charge in [-0.25, -0.2) is 0 Å². The summed E-state index contributed by atoms with van der Waals surface area (Å²) in [6, 6.07) is 0. The molecule has 0 aromatic rings. The third kappa shape index (κ3) is 5.17. The van der Waals surface area contributed by atoms with Crippen LogP contribution in [0.15, 0.2) is 0 Å². The lowest BCUT2D eigenvalue weighted by Crippen LogP contribution is -2.46. The van der Waals surface area contributed by atoms with Crippen molar-refractivity contribution in [1.82, 2.24) is 4.90 Å². The van der Waals surface area contributed by atoms with E-state index in [0.717, 1.165) is 12.8 Å². The van der Waals surface area contributed by atoms with E-state index >= 15 is 0 Å². The van der Waals surface area contributed by atoms with Crippen LogP contribution in [0.1, 0.15) is 46.5 Å². The molecule has 3 heteroatoms. The molecular formula is C12H25NO2. The Hall–Kier alpha value is -0.570. The highest BCUT2D eigenvalue weighted by Crippen LogP contribution is 2.12. The average Bonchev–Trinajstić information content (AvgIpc) is 2.16. The first kappa shape index (κ1) is 14.4. The molecule has 3 nitrogen and oxygen atoms in total. The van der Waals surface area contributed by atoms with Gasteiger partial charge in [-0.3, -0.25) is 9.69 Å². The number of hydrogen-bond donors (Lipinski definition) is 0. The Morgan fingerprint density at radius 2 is 1.80 bits per heavy atom. The molecule has 0 atom stereocenters. The van der Waals surface area contributed by atoms with Crippen LogP contribution in [0.2, 0.25) is 0 Å². The van der Waals surface area contributed by atoms with Crippen molar-refractivity contribution in [3.05, 3.63) is 0 Å². The van der Waals surface area contributed by atoms with Crippen LogP contribution >= 0.6 is 0 Å². The minimum atomic E-state index is -0.523. The maximum Gasteiger partial charge on any atom is 0.325 e. The first-order chi connectivity index (χ1) is 6.92. The Balaban J connectivity index is 3.74. The van der Waals surface area contributed by atoms with Crippen LogP contribution in [0.5, 0.6) is 0 Å². The summed E-state index contributed by atoms with van der Waals surface area (Å²) >= 11 is 0. The van der Waals surface area contributed by atoms with E-state index in [-0.39, 0.29) is 5.97 Å². The van der Waals surface area contributed by atoms with Crippen LogP contribution in [0.3, 0.4) is 0 Å². The molecule has 0 rings (SSSR count). The van der Waals surface area contributed by atoms with E-state index < -0.39 is 5.54 Å². The Morgan fingerprint density at radius 1 is 1.20 bits per heavy atom. The zero-order valence-corrected chi connectivity index (χ0v) is 10.8. The van der Waals surface area contributed by atoms with Crippen molar-refractivity contribution in [3.63, 3.8) is 0 Å². The van der Waals surface area contributed by atoms with Crippen molar-refractivity contribution >= 4 is 5.97 Å². The lowest BCUT2D eigenvalue weighted by molar-refractivity contribution is -0.154. The van der Waals surface area contributed by atoms with Crippen LogP contribution in [0.25, 0.3) is 0 Å². The summed E-state index contributed by atoms with van der Waals surface area (Å²) in [6.07, 6.45) is 4.54. The SMILES string of the molecule is CCCCCCOC(=O)C(C)(C)N(C)C. The Labute approximate surface area is 93.8 Å². The first-order valence-electron chi connectivity index (χ1n) is 5.77. The summed E-state index contributed by atoms with van der Waals surface area (Å²) in [5, 5.41) is 0. The molecule has 0 N–H and O–H groups in total. The standard InChI is InChI=1S/C12H25NO2/c1-6-7-8-9-10-15-11(14)12(2,3)13(4)5/h6-10H2,1-5H3. The number of esters is 1. The summed E-state index contributed by atoms with van der Waals surface area (Å²) in [5.41, 5.74) is -0.523. The van der Waals surface area contributed by atoms with Gasteiger partial charge in [-0.15, -0.1) is 0 Å². The minimum Gasteiger partial charge on any atom is -0.464 e. The Morgan fingerprint density at radius 3 is 2.27 bits per heavy atom. The second kappa shape index (κ2) is 6.83. The predicted octanol–water partition coefficient (Wildman–Crippen LogP) is 2.45. The summed E-state index contributed by atoms with van der Waals surface area (Å²) in [6.45, 7) is 6.47. The highest BCUT2D eigenvalue weighted by Gasteiger charge is 2.31. The van der Waals surface area contributed by atoms with Gasteiger partial charge in [0.2, 0.25) is 0 Å². The number of unbranched alkanes of at least 4 members (excludes halogenated alkanes) is 3. The minimum absolute atomic E-state index is 0.135. The highest BCUT2D eigenvalue weighted by atomic mass is 16.5. The molecule has 0 fully saturated rings. The molecule has 0 radical (unpaired) electrons. The molecule has 0 spiro atoms. The lowest BCUT2D eigenvalue weighted by Gasteiger charge is -2.29. The van der Waals surface area contributed by atoms with Crippen LogP contribution < -0.4 is 0 Å². The predicted molar refractivity (Wildman–Crippen MR) is 62.9 cm³/mol. The number of rotatable bonds is 7. The first-order valence-corrected chi connectivity index (χ1v) is 5.77. The topological polar surface area (TPSA) is 29.5 Å². The van der Waals surface area contributed by atoms with Crippen molar-refractivity contribution in [2.45, 2.75) is 52.0 Å². The van der Waals surface area contributed by atoms with Gasteiger partial charge in [0.05, 0.1) is 6.61 Å². The maximum atomic E-state index is 11.7. The van der Waals surface area contributed by atoms with Gasteiger partial charge < -0.3 is 4.74 Å². The summed E-state index contributed by atoms with van der Waals surface area (Å²) in [4.78, 5) is 13.6. The zero-order chi connectivity index (χ0) is 11.9. The number of carbonyl (C=O) groups excluding carboxylic acids is 1. The number of likely N-dealkylation sites (N-methyl/N-ethyl adjacent to an activating group) is 1. The van der Waals surface area contributed by atoms with Crippen LogP contribution in [-0.4, -0.2) is 37.1 Å². The van der Waals surface area contributed by atoms with E-state index in [1.807, 2.05) is 32.8 Å². The summed E-state index contributed by atoms with van der Waals surface area (Å²) < 4.78 is 5.23. The van der Waals surface area contributed by atoms with Gasteiger partial charge in [0.1, 0.15) is 5.54 Å². The van der Waals surface area contributed by atoms with Gasteiger partial charge in [-0.1, -0.05) is 26.2 Å². The highest BCUT2D eigenvalue weighted by molar-refractivity contribution is 5.79. The van der Waals surface area contributed by atoms with Crippen molar-refractivity contribution < 1.29 is 9.53 Å². The van der Waals surface area contributed by atoms with Crippen molar-refractivity contribution in [1.29, 1.82) is 0 Å². The third-order valence-electron chi connectivity index (χ3n) is 2.85. The molecule has 0 unspecified atom stereocenters. The van der Waals surface area contributed by atoms with E-state index in [1.165, 1.54) is 12.8 Å². The number of carbonyl (C=O) groups is 1. The number of hydrogen-bond acceptors (Lipinski definition) is 3. The quantitative estimate of drug-likeness (QED) is 0.482. The van der Waals surface area contributed by atoms with Crippen LogP contribution in [-0.2, 0) is 9.53 Å². The van der Waals surface area contributed by atoms with E-state index in [2.05, 4.69) is 6.92 Å². The normalized spacial score (nSPS) is 11.9. The van der Waals surface area contributed by atoms with Crippen LogP contribution in [0, 0.1) is 0 Å². The molecule has 90 valence electrons. The Kier molecular flexibility index (Phi) is 6.57. The molecule has 0 aromatic carbocycles. The molecular weight excluding hydrogens is 190 g/mol. The average molecular weight is 215 g/mol. The summed E-state index contributed by atoms with van der Waals surface area (Å²) in [5.74, 6) is -0.135. The van der Waals surface area contributed by atoms with Crippen molar-refractivity contribution in [2.75, 3.05) is 20.7 Å². The van der Waals surface area contributed by atoms with E-state index in [1.54, 1.807) is 0 Å². The fourth-order valence-electron chi connectivity index (χ4n) is 1.05. The van der Waals surface area contributed by atoms with Gasteiger partial charge in [0.15, 0.2) is 0 Å². The van der Waals surface area contributed by atoms with Gasteiger partial charge in [0.25, 0.3) is 0 Å². The van der Waals surface area contributed by atoms with Gasteiger partial charge in [-0.05, 0) is 34.4 Å². The van der Waals surface area contributed by atoms with E-state index in [0.29, 0.717) is 6.61 Å².